The fourth-order valence-corrected chi connectivity index (χ4v) is 4.41. The summed E-state index contributed by atoms with van der Waals surface area (Å²) in [5, 5.41) is 14.2. The topological polar surface area (TPSA) is 55.2 Å². The van der Waals surface area contributed by atoms with E-state index in [0.717, 1.165) is 16.6 Å². The molecule has 0 saturated carbocycles. The summed E-state index contributed by atoms with van der Waals surface area (Å²) in [5.41, 5.74) is 2.55. The Kier molecular flexibility index (Phi) is 4.37. The standard InChI is InChI=1S/C15H15BrN2O2S/c16-12-4-10(5-13(7-12)18(19)20)8-17-9-14-6-11-2-1-3-15(11)21-14/h4-7,17H,1-3,8-9H2. The summed E-state index contributed by atoms with van der Waals surface area (Å²) in [6, 6.07) is 7.34. The van der Waals surface area contributed by atoms with E-state index in [-0.39, 0.29) is 10.6 Å². The zero-order valence-electron chi connectivity index (χ0n) is 11.4. The average molecular weight is 367 g/mol. The number of fused-ring (bicyclic) bond motifs is 1. The van der Waals surface area contributed by atoms with E-state index in [9.17, 15) is 10.1 Å². The van der Waals surface area contributed by atoms with E-state index in [2.05, 4.69) is 27.3 Å². The zero-order valence-corrected chi connectivity index (χ0v) is 13.8. The lowest BCUT2D eigenvalue weighted by Gasteiger charge is -2.04. The van der Waals surface area contributed by atoms with Crippen molar-refractivity contribution in [3.63, 3.8) is 0 Å². The second kappa shape index (κ2) is 6.25. The Hall–Kier alpha value is -1.24. The molecule has 6 heteroatoms. The number of nitro groups is 1. The Balaban J connectivity index is 1.61. The summed E-state index contributed by atoms with van der Waals surface area (Å²) in [4.78, 5) is 13.4. The summed E-state index contributed by atoms with van der Waals surface area (Å²) in [6.07, 6.45) is 3.72. The molecular weight excluding hydrogens is 352 g/mol. The zero-order chi connectivity index (χ0) is 14.8. The molecule has 21 heavy (non-hydrogen) atoms. The van der Waals surface area contributed by atoms with E-state index in [0.29, 0.717) is 6.54 Å². The monoisotopic (exact) mass is 366 g/mol. The summed E-state index contributed by atoms with van der Waals surface area (Å²) < 4.78 is 0.739. The van der Waals surface area contributed by atoms with Crippen molar-refractivity contribution in [2.75, 3.05) is 0 Å². The Morgan fingerprint density at radius 1 is 1.24 bits per heavy atom. The van der Waals surface area contributed by atoms with Gasteiger partial charge in [0.2, 0.25) is 0 Å². The molecule has 0 atom stereocenters. The maximum absolute atomic E-state index is 10.8. The van der Waals surface area contributed by atoms with Crippen LogP contribution in [0.15, 0.2) is 28.7 Å². The third-order valence-electron chi connectivity index (χ3n) is 3.58. The van der Waals surface area contributed by atoms with Crippen molar-refractivity contribution in [1.82, 2.24) is 5.32 Å². The molecule has 0 fully saturated rings. The minimum Gasteiger partial charge on any atom is -0.308 e. The molecule has 1 aromatic heterocycles. The van der Waals surface area contributed by atoms with Crippen molar-refractivity contribution >= 4 is 33.0 Å². The Morgan fingerprint density at radius 3 is 2.86 bits per heavy atom. The molecule has 0 aliphatic heterocycles. The van der Waals surface area contributed by atoms with Crippen molar-refractivity contribution in [1.29, 1.82) is 0 Å². The highest BCUT2D eigenvalue weighted by molar-refractivity contribution is 9.10. The first-order valence-electron chi connectivity index (χ1n) is 6.87. The van der Waals surface area contributed by atoms with Gasteiger partial charge in [0.05, 0.1) is 4.92 Å². The first kappa shape index (κ1) is 14.7. The van der Waals surface area contributed by atoms with Gasteiger partial charge < -0.3 is 5.32 Å². The normalized spacial score (nSPS) is 13.4. The number of halogens is 1. The van der Waals surface area contributed by atoms with E-state index in [1.807, 2.05) is 17.4 Å². The van der Waals surface area contributed by atoms with Crippen LogP contribution in [0.1, 0.15) is 27.3 Å². The molecule has 1 aromatic carbocycles. The smallest absolute Gasteiger partial charge is 0.270 e. The van der Waals surface area contributed by atoms with Crippen molar-refractivity contribution in [2.45, 2.75) is 32.4 Å². The minimum absolute atomic E-state index is 0.122. The highest BCUT2D eigenvalue weighted by Gasteiger charge is 2.14. The predicted molar refractivity (Wildman–Crippen MR) is 87.7 cm³/mol. The largest absolute Gasteiger partial charge is 0.308 e. The maximum atomic E-state index is 10.8. The minimum atomic E-state index is -0.363. The van der Waals surface area contributed by atoms with Crippen LogP contribution in [0, 0.1) is 10.1 Å². The number of non-ortho nitro benzene ring substituents is 1. The first-order valence-corrected chi connectivity index (χ1v) is 8.48. The van der Waals surface area contributed by atoms with Crippen LogP contribution in [0.25, 0.3) is 0 Å². The van der Waals surface area contributed by atoms with Crippen molar-refractivity contribution in [3.8, 4) is 0 Å². The number of benzene rings is 1. The number of nitrogens with zero attached hydrogens (tertiary/aromatic N) is 1. The summed E-state index contributed by atoms with van der Waals surface area (Å²) in [7, 11) is 0. The van der Waals surface area contributed by atoms with Gasteiger partial charge in [-0.25, -0.2) is 0 Å². The van der Waals surface area contributed by atoms with Crippen molar-refractivity contribution in [3.05, 3.63) is 59.7 Å². The molecule has 3 rings (SSSR count). The van der Waals surface area contributed by atoms with Crippen LogP contribution in [0.2, 0.25) is 0 Å². The molecule has 1 aliphatic rings. The Bertz CT molecular complexity index is 663. The Morgan fingerprint density at radius 2 is 2.10 bits per heavy atom. The van der Waals surface area contributed by atoms with Gasteiger partial charge >= 0.3 is 0 Å². The first-order chi connectivity index (χ1) is 10.1. The van der Waals surface area contributed by atoms with Crippen LogP contribution in [0.3, 0.4) is 0 Å². The van der Waals surface area contributed by atoms with Crippen molar-refractivity contribution < 1.29 is 4.92 Å². The number of hydrogen-bond donors (Lipinski definition) is 1. The van der Waals surface area contributed by atoms with Crippen LogP contribution < -0.4 is 5.32 Å². The second-order valence-electron chi connectivity index (χ2n) is 5.19. The maximum Gasteiger partial charge on any atom is 0.270 e. The quantitative estimate of drug-likeness (QED) is 0.637. The van der Waals surface area contributed by atoms with Gasteiger partial charge in [0.15, 0.2) is 0 Å². The van der Waals surface area contributed by atoms with E-state index in [4.69, 9.17) is 0 Å². The molecule has 110 valence electrons. The lowest BCUT2D eigenvalue weighted by Crippen LogP contribution is -2.12. The molecule has 0 radical (unpaired) electrons. The lowest BCUT2D eigenvalue weighted by atomic mass is 10.2. The number of nitro benzene ring substituents is 1. The van der Waals surface area contributed by atoms with Gasteiger partial charge in [0, 0.05) is 39.4 Å². The van der Waals surface area contributed by atoms with E-state index < -0.39 is 0 Å². The summed E-state index contributed by atoms with van der Waals surface area (Å²) in [5.74, 6) is 0. The molecule has 0 saturated heterocycles. The number of thiophene rings is 1. The fraction of sp³-hybridized carbons (Fsp3) is 0.333. The SMILES string of the molecule is O=[N+]([O-])c1cc(Br)cc(CNCc2cc3c(s2)CCC3)c1. The highest BCUT2D eigenvalue weighted by Crippen LogP contribution is 2.30. The number of aryl methyl sites for hydroxylation is 2. The molecule has 1 heterocycles. The van der Waals surface area contributed by atoms with E-state index >= 15 is 0 Å². The van der Waals surface area contributed by atoms with Gasteiger partial charge in [0.25, 0.3) is 5.69 Å². The van der Waals surface area contributed by atoms with Crippen LogP contribution in [0.4, 0.5) is 5.69 Å². The molecule has 1 aliphatic carbocycles. The molecule has 2 aromatic rings. The molecule has 4 nitrogen and oxygen atoms in total. The van der Waals surface area contributed by atoms with Gasteiger partial charge in [-0.2, -0.15) is 0 Å². The van der Waals surface area contributed by atoms with Crippen LogP contribution in [-0.4, -0.2) is 4.92 Å². The fourth-order valence-electron chi connectivity index (χ4n) is 2.65. The summed E-state index contributed by atoms with van der Waals surface area (Å²) in [6.45, 7) is 1.45. The van der Waals surface area contributed by atoms with Crippen LogP contribution in [0.5, 0.6) is 0 Å². The second-order valence-corrected chi connectivity index (χ2v) is 7.33. The third-order valence-corrected chi connectivity index (χ3v) is 5.27. The van der Waals surface area contributed by atoms with Crippen molar-refractivity contribution in [2.24, 2.45) is 0 Å². The molecule has 0 spiro atoms. The van der Waals surface area contributed by atoms with Gasteiger partial charge in [-0.05, 0) is 42.5 Å². The number of hydrogen-bond acceptors (Lipinski definition) is 4. The van der Waals surface area contributed by atoms with Gasteiger partial charge in [-0.1, -0.05) is 15.9 Å². The van der Waals surface area contributed by atoms with Gasteiger partial charge in [-0.15, -0.1) is 11.3 Å². The number of nitrogens with one attached hydrogen (secondary N) is 1. The molecule has 0 unspecified atom stereocenters. The average Bonchev–Trinajstić information content (AvgIpc) is 2.99. The third kappa shape index (κ3) is 3.51. The van der Waals surface area contributed by atoms with E-state index in [1.54, 1.807) is 6.07 Å². The van der Waals surface area contributed by atoms with Gasteiger partial charge in [-0.3, -0.25) is 10.1 Å². The molecule has 1 N–H and O–H groups in total. The molecule has 0 bridgehead atoms. The van der Waals surface area contributed by atoms with Gasteiger partial charge in [0.1, 0.15) is 0 Å². The summed E-state index contributed by atoms with van der Waals surface area (Å²) >= 11 is 5.21. The van der Waals surface area contributed by atoms with E-state index in [1.165, 1.54) is 40.6 Å². The predicted octanol–water partition coefficient (Wildman–Crippen LogP) is 4.20. The highest BCUT2D eigenvalue weighted by atomic mass is 79.9. The number of rotatable bonds is 5. The van der Waals surface area contributed by atoms with Crippen LogP contribution in [-0.2, 0) is 25.9 Å². The lowest BCUT2D eigenvalue weighted by molar-refractivity contribution is -0.385. The van der Waals surface area contributed by atoms with Crippen LogP contribution >= 0.6 is 27.3 Å². The molecule has 0 amide bonds. The molecular formula is C15H15BrN2O2S. The Labute approximate surface area is 135 Å².